The van der Waals surface area contributed by atoms with Crippen LogP contribution in [0.4, 0.5) is 4.39 Å². The number of thiazole rings is 1. The number of benzene rings is 1. The standard InChI is InChI=1S/C23H20FN5O2S/c24-18-7-1-4-15(10-18)21-27-22(31-28-21)17-6-3-9-29(13-17)20(30)11-19-14-32-23(26-19)16-5-2-8-25-12-16/h1-2,4-5,7-8,10,12,14,17H,3,6,9,11,13H2. The second-order valence-corrected chi connectivity index (χ2v) is 8.57. The van der Waals surface area contributed by atoms with Gasteiger partial charge >= 0.3 is 0 Å². The third kappa shape index (κ3) is 4.43. The monoisotopic (exact) mass is 449 g/mol. The van der Waals surface area contributed by atoms with E-state index in [-0.39, 0.29) is 24.1 Å². The van der Waals surface area contributed by atoms with Gasteiger partial charge in [-0.1, -0.05) is 17.3 Å². The van der Waals surface area contributed by atoms with E-state index in [2.05, 4.69) is 20.1 Å². The van der Waals surface area contributed by atoms with Crippen LogP contribution in [0.15, 0.2) is 58.7 Å². The van der Waals surface area contributed by atoms with Crippen molar-refractivity contribution in [1.82, 2.24) is 25.0 Å². The number of hydrogen-bond acceptors (Lipinski definition) is 7. The molecule has 1 aromatic carbocycles. The Hall–Kier alpha value is -3.46. The van der Waals surface area contributed by atoms with Crippen molar-refractivity contribution < 1.29 is 13.7 Å². The number of aromatic nitrogens is 4. The summed E-state index contributed by atoms with van der Waals surface area (Å²) in [6.45, 7) is 1.21. The number of amides is 1. The van der Waals surface area contributed by atoms with Crippen LogP contribution in [-0.2, 0) is 11.2 Å². The molecule has 32 heavy (non-hydrogen) atoms. The minimum absolute atomic E-state index is 0.0302. The van der Waals surface area contributed by atoms with Crippen LogP contribution < -0.4 is 0 Å². The molecule has 1 fully saturated rings. The number of pyridine rings is 1. The van der Waals surface area contributed by atoms with Gasteiger partial charge in [-0.2, -0.15) is 4.98 Å². The third-order valence-corrected chi connectivity index (χ3v) is 6.38. The van der Waals surface area contributed by atoms with Gasteiger partial charge < -0.3 is 9.42 Å². The first-order valence-corrected chi connectivity index (χ1v) is 11.3. The molecule has 4 heterocycles. The predicted octanol–water partition coefficient (Wildman–Crippen LogP) is 4.34. The van der Waals surface area contributed by atoms with Crippen LogP contribution in [0.3, 0.4) is 0 Å². The maximum Gasteiger partial charge on any atom is 0.231 e. The van der Waals surface area contributed by atoms with E-state index in [1.54, 1.807) is 24.5 Å². The van der Waals surface area contributed by atoms with Gasteiger partial charge in [-0.05, 0) is 37.1 Å². The van der Waals surface area contributed by atoms with Gasteiger partial charge in [0.15, 0.2) is 0 Å². The summed E-state index contributed by atoms with van der Waals surface area (Å²) in [5.74, 6) is 0.478. The quantitative estimate of drug-likeness (QED) is 0.451. The molecule has 5 rings (SSSR count). The third-order valence-electron chi connectivity index (χ3n) is 5.44. The lowest BCUT2D eigenvalue weighted by Gasteiger charge is -2.30. The summed E-state index contributed by atoms with van der Waals surface area (Å²) in [5.41, 5.74) is 2.27. The van der Waals surface area contributed by atoms with Crippen LogP contribution in [0.2, 0.25) is 0 Å². The Labute approximate surface area is 188 Å². The molecule has 1 atom stereocenters. The van der Waals surface area contributed by atoms with Crippen molar-refractivity contribution in [1.29, 1.82) is 0 Å². The highest BCUT2D eigenvalue weighted by atomic mass is 32.1. The lowest BCUT2D eigenvalue weighted by atomic mass is 9.97. The van der Waals surface area contributed by atoms with Gasteiger partial charge in [0.1, 0.15) is 10.8 Å². The Morgan fingerprint density at radius 2 is 2.12 bits per heavy atom. The van der Waals surface area contributed by atoms with E-state index in [9.17, 15) is 9.18 Å². The van der Waals surface area contributed by atoms with Crippen molar-refractivity contribution in [3.63, 3.8) is 0 Å². The van der Waals surface area contributed by atoms with E-state index < -0.39 is 0 Å². The van der Waals surface area contributed by atoms with E-state index in [1.165, 1.54) is 23.5 Å². The highest BCUT2D eigenvalue weighted by Crippen LogP contribution is 2.29. The normalized spacial score (nSPS) is 16.3. The van der Waals surface area contributed by atoms with E-state index in [0.29, 0.717) is 30.4 Å². The molecule has 4 aromatic rings. The fraction of sp³-hybridized carbons (Fsp3) is 0.261. The summed E-state index contributed by atoms with van der Waals surface area (Å²) in [6, 6.07) is 9.92. The Morgan fingerprint density at radius 1 is 1.22 bits per heavy atom. The molecular weight excluding hydrogens is 429 g/mol. The highest BCUT2D eigenvalue weighted by Gasteiger charge is 2.29. The molecule has 9 heteroatoms. The summed E-state index contributed by atoms with van der Waals surface area (Å²) in [7, 11) is 0. The summed E-state index contributed by atoms with van der Waals surface area (Å²) >= 11 is 1.51. The maximum atomic E-state index is 13.5. The number of nitrogens with zero attached hydrogens (tertiary/aromatic N) is 5. The van der Waals surface area contributed by atoms with Gasteiger partial charge in [0.2, 0.25) is 17.6 Å². The van der Waals surface area contributed by atoms with Crippen molar-refractivity contribution in [2.24, 2.45) is 0 Å². The molecule has 0 bridgehead atoms. The number of piperidine rings is 1. The second-order valence-electron chi connectivity index (χ2n) is 7.71. The lowest BCUT2D eigenvalue weighted by Crippen LogP contribution is -2.40. The minimum atomic E-state index is -0.350. The Bertz CT molecular complexity index is 1230. The first-order chi connectivity index (χ1) is 15.7. The number of hydrogen-bond donors (Lipinski definition) is 0. The van der Waals surface area contributed by atoms with Gasteiger partial charge in [0, 0.05) is 42.0 Å². The molecule has 0 radical (unpaired) electrons. The molecule has 1 unspecified atom stereocenters. The highest BCUT2D eigenvalue weighted by molar-refractivity contribution is 7.13. The first-order valence-electron chi connectivity index (χ1n) is 10.4. The fourth-order valence-electron chi connectivity index (χ4n) is 3.83. The zero-order valence-electron chi connectivity index (χ0n) is 17.1. The molecule has 1 aliphatic rings. The zero-order chi connectivity index (χ0) is 21.9. The molecule has 7 nitrogen and oxygen atoms in total. The Balaban J connectivity index is 1.24. The molecule has 3 aromatic heterocycles. The number of carbonyl (C=O) groups excluding carboxylic acids is 1. The molecule has 162 valence electrons. The molecule has 0 saturated carbocycles. The number of halogens is 1. The van der Waals surface area contributed by atoms with E-state index in [4.69, 9.17) is 4.52 Å². The molecule has 0 spiro atoms. The lowest BCUT2D eigenvalue weighted by molar-refractivity contribution is -0.131. The van der Waals surface area contributed by atoms with Gasteiger partial charge in [0.05, 0.1) is 18.0 Å². The summed E-state index contributed by atoms with van der Waals surface area (Å²) in [5, 5.41) is 6.78. The van der Waals surface area contributed by atoms with Crippen molar-refractivity contribution >= 4 is 17.2 Å². The molecule has 1 amide bonds. The smallest absolute Gasteiger partial charge is 0.231 e. The van der Waals surface area contributed by atoms with Crippen LogP contribution in [-0.4, -0.2) is 44.0 Å². The maximum absolute atomic E-state index is 13.5. The Kier molecular flexibility index (Phi) is 5.72. The number of carbonyl (C=O) groups is 1. The topological polar surface area (TPSA) is 85.0 Å². The van der Waals surface area contributed by atoms with Crippen LogP contribution in [0.1, 0.15) is 30.3 Å². The molecule has 0 N–H and O–H groups in total. The zero-order valence-corrected chi connectivity index (χ0v) is 18.0. The van der Waals surface area contributed by atoms with Crippen molar-refractivity contribution in [3.8, 4) is 22.0 Å². The van der Waals surface area contributed by atoms with Crippen molar-refractivity contribution in [3.05, 3.63) is 71.6 Å². The fourth-order valence-corrected chi connectivity index (χ4v) is 4.64. The van der Waals surface area contributed by atoms with Crippen LogP contribution in [0, 0.1) is 5.82 Å². The minimum Gasteiger partial charge on any atom is -0.342 e. The van der Waals surface area contributed by atoms with E-state index in [1.807, 2.05) is 22.4 Å². The van der Waals surface area contributed by atoms with Crippen LogP contribution >= 0.6 is 11.3 Å². The van der Waals surface area contributed by atoms with Gasteiger partial charge in [0.25, 0.3) is 0 Å². The van der Waals surface area contributed by atoms with Crippen molar-refractivity contribution in [2.45, 2.75) is 25.2 Å². The molecule has 1 aliphatic heterocycles. The SMILES string of the molecule is O=C(Cc1csc(-c2cccnc2)n1)N1CCCC(c2nc(-c3cccc(F)c3)no2)C1. The summed E-state index contributed by atoms with van der Waals surface area (Å²) in [4.78, 5) is 27.9. The Morgan fingerprint density at radius 3 is 2.97 bits per heavy atom. The molecule has 0 aliphatic carbocycles. The van der Waals surface area contributed by atoms with Gasteiger partial charge in [-0.3, -0.25) is 9.78 Å². The summed E-state index contributed by atoms with van der Waals surface area (Å²) in [6.07, 6.45) is 5.45. The van der Waals surface area contributed by atoms with Crippen LogP contribution in [0.25, 0.3) is 22.0 Å². The predicted molar refractivity (Wildman–Crippen MR) is 117 cm³/mol. The summed E-state index contributed by atoms with van der Waals surface area (Å²) < 4.78 is 19.0. The number of likely N-dealkylation sites (tertiary alicyclic amines) is 1. The molecular formula is C23H20FN5O2S. The van der Waals surface area contributed by atoms with Gasteiger partial charge in [-0.25, -0.2) is 9.37 Å². The van der Waals surface area contributed by atoms with Gasteiger partial charge in [-0.15, -0.1) is 11.3 Å². The van der Waals surface area contributed by atoms with E-state index >= 15 is 0 Å². The average Bonchev–Trinajstić information content (AvgIpc) is 3.50. The van der Waals surface area contributed by atoms with E-state index in [0.717, 1.165) is 29.1 Å². The van der Waals surface area contributed by atoms with Crippen molar-refractivity contribution in [2.75, 3.05) is 13.1 Å². The first kappa shape index (κ1) is 20.4. The average molecular weight is 450 g/mol. The number of rotatable bonds is 5. The second kappa shape index (κ2) is 8.96. The van der Waals surface area contributed by atoms with Crippen LogP contribution in [0.5, 0.6) is 0 Å². The largest absolute Gasteiger partial charge is 0.342 e. The molecule has 1 saturated heterocycles.